The molecule has 1 aromatic carbocycles. The van der Waals surface area contributed by atoms with Crippen LogP contribution in [0, 0.1) is 30.3 Å². The van der Waals surface area contributed by atoms with E-state index in [-0.39, 0.29) is 16.5 Å². The maximum Gasteiger partial charge on any atom is 0.344 e. The van der Waals surface area contributed by atoms with Gasteiger partial charge in [-0.05, 0) is 36.0 Å². The second-order valence-corrected chi connectivity index (χ2v) is 7.07. The number of carbonyl (C=O) groups excluding carboxylic acids is 1. The second-order valence-electron chi connectivity index (χ2n) is 6.30. The molecule has 152 valence electrons. The molecule has 0 aliphatic carbocycles. The third kappa shape index (κ3) is 4.91. The van der Waals surface area contributed by atoms with Crippen LogP contribution in [0.4, 0.5) is 23.0 Å². The quantitative estimate of drug-likeness (QED) is 0.593. The first kappa shape index (κ1) is 21.5. The molecule has 1 aromatic heterocycles. The number of ether oxygens (including phenoxy) is 1. The number of aromatic nitrogens is 1. The van der Waals surface area contributed by atoms with Gasteiger partial charge in [0.05, 0.1) is 5.56 Å². The number of halogens is 3. The molecule has 11 heteroatoms. The predicted octanol–water partition coefficient (Wildman–Crippen LogP) is 3.92. The number of benzene rings is 1. The van der Waals surface area contributed by atoms with Gasteiger partial charge in [-0.2, -0.15) is 4.37 Å². The van der Waals surface area contributed by atoms with Gasteiger partial charge < -0.3 is 15.2 Å². The molecule has 3 N–H and O–H groups in total. The molecule has 7 nitrogen and oxygen atoms in total. The molecule has 0 atom stereocenters. The minimum Gasteiger partial charge on any atom is -0.477 e. The zero-order valence-electron chi connectivity index (χ0n) is 15.2. The van der Waals surface area contributed by atoms with E-state index in [2.05, 4.69) is 15.0 Å². The van der Waals surface area contributed by atoms with Gasteiger partial charge in [0, 0.05) is 6.54 Å². The Bertz CT molecular complexity index is 902. The van der Waals surface area contributed by atoms with Gasteiger partial charge in [-0.1, -0.05) is 13.8 Å². The Labute approximate surface area is 162 Å². The van der Waals surface area contributed by atoms with Crippen LogP contribution in [-0.4, -0.2) is 28.0 Å². The monoisotopic (exact) mass is 417 g/mol. The summed E-state index contributed by atoms with van der Waals surface area (Å²) in [6.45, 7) is 4.56. The van der Waals surface area contributed by atoms with E-state index >= 15 is 0 Å². The Morgan fingerprint density at radius 2 is 1.96 bits per heavy atom. The van der Waals surface area contributed by atoms with Crippen molar-refractivity contribution in [3.8, 4) is 5.88 Å². The van der Waals surface area contributed by atoms with Crippen molar-refractivity contribution in [3.63, 3.8) is 0 Å². The lowest BCUT2D eigenvalue weighted by molar-refractivity contribution is 0.0693. The SMILES string of the molecule is Cc1cc(F)c(COc2nsc(NC(=O)NCC(C)C)c2C(=O)O)c(F)c1F. The highest BCUT2D eigenvalue weighted by atomic mass is 32.1. The van der Waals surface area contributed by atoms with Crippen LogP contribution in [0.3, 0.4) is 0 Å². The van der Waals surface area contributed by atoms with Crippen molar-refractivity contribution in [2.45, 2.75) is 27.4 Å². The summed E-state index contributed by atoms with van der Waals surface area (Å²) in [5.74, 6) is -5.40. The van der Waals surface area contributed by atoms with Crippen molar-refractivity contribution in [1.82, 2.24) is 9.69 Å². The topological polar surface area (TPSA) is 101 Å². The number of carboxylic acid groups (broad SMARTS) is 1. The van der Waals surface area contributed by atoms with Gasteiger partial charge in [0.15, 0.2) is 17.2 Å². The molecule has 0 radical (unpaired) electrons. The standard InChI is InChI=1S/C17H18F3N3O4S/c1-7(2)5-21-17(26)22-15-11(16(24)25)14(23-28-15)27-6-9-10(18)4-8(3)12(19)13(9)20/h4,7H,5-6H2,1-3H3,(H,24,25)(H2,21,22,26). The number of carboxylic acids is 1. The molecule has 0 aliphatic rings. The van der Waals surface area contributed by atoms with Gasteiger partial charge in [0.2, 0.25) is 5.88 Å². The van der Waals surface area contributed by atoms with Gasteiger partial charge in [-0.25, -0.2) is 22.8 Å². The van der Waals surface area contributed by atoms with E-state index in [4.69, 9.17) is 4.74 Å². The molecule has 0 aliphatic heterocycles. The molecule has 2 aromatic rings. The van der Waals surface area contributed by atoms with Gasteiger partial charge >= 0.3 is 12.0 Å². The fourth-order valence-electron chi connectivity index (χ4n) is 2.12. The summed E-state index contributed by atoms with van der Waals surface area (Å²) in [6, 6.07) is 0.173. The van der Waals surface area contributed by atoms with Crippen molar-refractivity contribution >= 4 is 28.5 Å². The van der Waals surface area contributed by atoms with Crippen LogP contribution in [0.25, 0.3) is 0 Å². The normalized spacial score (nSPS) is 10.8. The lowest BCUT2D eigenvalue weighted by atomic mass is 10.1. The number of anilines is 1. The first-order valence-electron chi connectivity index (χ1n) is 8.15. The van der Waals surface area contributed by atoms with Crippen LogP contribution < -0.4 is 15.4 Å². The summed E-state index contributed by atoms with van der Waals surface area (Å²) < 4.78 is 50.3. The Morgan fingerprint density at radius 3 is 2.57 bits per heavy atom. The maximum atomic E-state index is 13.9. The lowest BCUT2D eigenvalue weighted by Crippen LogP contribution is -2.31. The van der Waals surface area contributed by atoms with Crippen LogP contribution in [0.5, 0.6) is 5.88 Å². The first-order chi connectivity index (χ1) is 13.1. The Morgan fingerprint density at radius 1 is 1.29 bits per heavy atom. The highest BCUT2D eigenvalue weighted by molar-refractivity contribution is 7.11. The number of amides is 2. The van der Waals surface area contributed by atoms with Crippen molar-refractivity contribution < 1.29 is 32.6 Å². The fraction of sp³-hybridized carbons (Fsp3) is 0.353. The van der Waals surface area contributed by atoms with Crippen molar-refractivity contribution in [2.75, 3.05) is 11.9 Å². The zero-order chi connectivity index (χ0) is 21.0. The molecule has 0 bridgehead atoms. The summed E-state index contributed by atoms with van der Waals surface area (Å²) >= 11 is 0.627. The molecule has 1 heterocycles. The molecule has 0 fully saturated rings. The highest BCUT2D eigenvalue weighted by Gasteiger charge is 2.25. The van der Waals surface area contributed by atoms with Gasteiger partial charge in [-0.15, -0.1) is 0 Å². The van der Waals surface area contributed by atoms with Gasteiger partial charge in [0.1, 0.15) is 17.4 Å². The minimum atomic E-state index is -1.46. The molecule has 0 unspecified atom stereocenters. The van der Waals surface area contributed by atoms with Crippen LogP contribution in [0.1, 0.15) is 35.3 Å². The van der Waals surface area contributed by atoms with E-state index in [9.17, 15) is 27.9 Å². The molecule has 28 heavy (non-hydrogen) atoms. The number of hydrogen-bond donors (Lipinski definition) is 3. The van der Waals surface area contributed by atoms with E-state index in [0.717, 1.165) is 6.07 Å². The average molecular weight is 417 g/mol. The Hall–Kier alpha value is -2.82. The number of urea groups is 1. The van der Waals surface area contributed by atoms with Crippen molar-refractivity contribution in [3.05, 3.63) is 40.2 Å². The summed E-state index contributed by atoms with van der Waals surface area (Å²) in [6.07, 6.45) is 0. The fourth-order valence-corrected chi connectivity index (χ4v) is 2.84. The van der Waals surface area contributed by atoms with E-state index in [1.807, 2.05) is 13.8 Å². The number of aromatic carboxylic acids is 1. The molecule has 0 saturated carbocycles. The number of carbonyl (C=O) groups is 2. The third-order valence-corrected chi connectivity index (χ3v) is 4.31. The zero-order valence-corrected chi connectivity index (χ0v) is 16.0. The summed E-state index contributed by atoms with van der Waals surface area (Å²) in [7, 11) is 0. The maximum absolute atomic E-state index is 13.9. The minimum absolute atomic E-state index is 0.111. The Balaban J connectivity index is 2.19. The molecule has 2 rings (SSSR count). The van der Waals surface area contributed by atoms with Gasteiger partial charge in [-0.3, -0.25) is 5.32 Å². The summed E-state index contributed by atoms with van der Waals surface area (Å²) in [4.78, 5) is 23.3. The molecule has 0 spiro atoms. The first-order valence-corrected chi connectivity index (χ1v) is 8.92. The molecule has 0 saturated heterocycles. The Kier molecular flexibility index (Phi) is 6.84. The van der Waals surface area contributed by atoms with Crippen molar-refractivity contribution in [2.24, 2.45) is 5.92 Å². The second kappa shape index (κ2) is 8.91. The van der Waals surface area contributed by atoms with Gasteiger partial charge in [0.25, 0.3) is 0 Å². The number of rotatable bonds is 7. The number of nitrogens with one attached hydrogen (secondary N) is 2. The highest BCUT2D eigenvalue weighted by Crippen LogP contribution is 2.31. The molecular formula is C17H18F3N3O4S. The average Bonchev–Trinajstić information content (AvgIpc) is 3.00. The predicted molar refractivity (Wildman–Crippen MR) is 96.3 cm³/mol. The smallest absolute Gasteiger partial charge is 0.344 e. The van der Waals surface area contributed by atoms with Crippen molar-refractivity contribution in [1.29, 1.82) is 0 Å². The van der Waals surface area contributed by atoms with Crippen LogP contribution in [0.2, 0.25) is 0 Å². The molecular weight excluding hydrogens is 399 g/mol. The number of aryl methyl sites for hydroxylation is 1. The van der Waals surface area contributed by atoms with E-state index in [0.29, 0.717) is 18.1 Å². The number of hydrogen-bond acceptors (Lipinski definition) is 5. The largest absolute Gasteiger partial charge is 0.477 e. The van der Waals surface area contributed by atoms with Crippen LogP contribution in [0.15, 0.2) is 6.07 Å². The summed E-state index contributed by atoms with van der Waals surface area (Å²) in [5.41, 5.74) is -1.38. The van der Waals surface area contributed by atoms with Crippen LogP contribution >= 0.6 is 11.5 Å². The summed E-state index contributed by atoms with van der Waals surface area (Å²) in [5, 5.41) is 14.1. The van der Waals surface area contributed by atoms with Crippen LogP contribution in [-0.2, 0) is 6.61 Å². The van der Waals surface area contributed by atoms with E-state index < -0.39 is 53.1 Å². The van der Waals surface area contributed by atoms with E-state index in [1.54, 1.807) is 0 Å². The molecule has 2 amide bonds. The lowest BCUT2D eigenvalue weighted by Gasteiger charge is -2.10. The van der Waals surface area contributed by atoms with E-state index in [1.165, 1.54) is 6.92 Å². The number of nitrogens with zero attached hydrogens (tertiary/aromatic N) is 1. The third-order valence-electron chi connectivity index (χ3n) is 3.56.